The minimum absolute atomic E-state index is 0.0509. The number of hydrogen-bond donors (Lipinski definition) is 2. The molecule has 1 fully saturated rings. The number of nitrogens with two attached hydrogens (primary N) is 1. The Labute approximate surface area is 48.2 Å². The summed E-state index contributed by atoms with van der Waals surface area (Å²) in [5, 5.41) is 2.63. The van der Waals surface area contributed by atoms with E-state index >= 15 is 0 Å². The highest BCUT2D eigenvalue weighted by molar-refractivity contribution is 5.93. The fraction of sp³-hybridized carbons (Fsp3) is 0.800. The van der Waals surface area contributed by atoms with Gasteiger partial charge in [0.2, 0.25) is 5.91 Å². The largest absolute Gasteiger partial charge is 0.350 e. The van der Waals surface area contributed by atoms with E-state index in [2.05, 4.69) is 5.32 Å². The van der Waals surface area contributed by atoms with E-state index in [4.69, 9.17) is 5.73 Å². The van der Waals surface area contributed by atoms with E-state index in [1.807, 2.05) is 6.92 Å². The molecule has 0 aromatic heterocycles. The van der Waals surface area contributed by atoms with E-state index in [1.165, 1.54) is 0 Å². The SMILES string of the molecule is C[C@H]1NC(=O)C1(C)N. The Morgan fingerprint density at radius 3 is 2.38 bits per heavy atom. The van der Waals surface area contributed by atoms with E-state index in [-0.39, 0.29) is 11.9 Å². The molecule has 46 valence electrons. The molecule has 1 amide bonds. The van der Waals surface area contributed by atoms with Crippen molar-refractivity contribution in [3.05, 3.63) is 0 Å². The zero-order valence-corrected chi connectivity index (χ0v) is 5.06. The first kappa shape index (κ1) is 5.56. The summed E-state index contributed by atoms with van der Waals surface area (Å²) in [4.78, 5) is 10.5. The lowest BCUT2D eigenvalue weighted by Crippen LogP contribution is -2.74. The van der Waals surface area contributed by atoms with Gasteiger partial charge in [-0.3, -0.25) is 4.79 Å². The number of β-lactam (4-membered cyclic amide) rings is 1. The van der Waals surface area contributed by atoms with Gasteiger partial charge in [-0.1, -0.05) is 0 Å². The van der Waals surface area contributed by atoms with Crippen LogP contribution in [0.2, 0.25) is 0 Å². The van der Waals surface area contributed by atoms with Crippen LogP contribution >= 0.6 is 0 Å². The summed E-state index contributed by atoms with van der Waals surface area (Å²) in [5.74, 6) is -0.0509. The molecule has 2 atom stereocenters. The Morgan fingerprint density at radius 1 is 1.88 bits per heavy atom. The van der Waals surface area contributed by atoms with Crippen LogP contribution < -0.4 is 11.1 Å². The van der Waals surface area contributed by atoms with Crippen molar-refractivity contribution in [3.8, 4) is 0 Å². The lowest BCUT2D eigenvalue weighted by Gasteiger charge is -2.40. The fourth-order valence-electron chi connectivity index (χ4n) is 0.621. The number of hydrogen-bond acceptors (Lipinski definition) is 2. The summed E-state index contributed by atoms with van der Waals surface area (Å²) >= 11 is 0. The minimum Gasteiger partial charge on any atom is -0.350 e. The monoisotopic (exact) mass is 114 g/mol. The van der Waals surface area contributed by atoms with E-state index in [0.29, 0.717) is 0 Å². The first-order valence-electron chi connectivity index (χ1n) is 2.65. The number of amides is 1. The van der Waals surface area contributed by atoms with Crippen molar-refractivity contribution in [2.24, 2.45) is 5.73 Å². The van der Waals surface area contributed by atoms with Gasteiger partial charge in [-0.15, -0.1) is 0 Å². The third-order valence-corrected chi connectivity index (χ3v) is 1.74. The smallest absolute Gasteiger partial charge is 0.242 e. The zero-order chi connectivity index (χ0) is 6.36. The summed E-state index contributed by atoms with van der Waals surface area (Å²) in [5.41, 5.74) is 4.89. The van der Waals surface area contributed by atoms with Gasteiger partial charge in [0.05, 0.1) is 6.04 Å². The maximum absolute atomic E-state index is 10.5. The van der Waals surface area contributed by atoms with Gasteiger partial charge in [0, 0.05) is 0 Å². The van der Waals surface area contributed by atoms with Crippen molar-refractivity contribution in [3.63, 3.8) is 0 Å². The van der Waals surface area contributed by atoms with E-state index < -0.39 is 5.54 Å². The van der Waals surface area contributed by atoms with Gasteiger partial charge in [0.1, 0.15) is 5.54 Å². The molecule has 3 N–H and O–H groups in total. The standard InChI is InChI=1S/C5H10N2O/c1-3-5(2,6)4(8)7-3/h3H,6H2,1-2H3,(H,7,8)/t3-,5?/m1/s1. The van der Waals surface area contributed by atoms with Crippen molar-refractivity contribution in [2.45, 2.75) is 25.4 Å². The molecule has 0 aromatic carbocycles. The van der Waals surface area contributed by atoms with Crippen LogP contribution in [0.1, 0.15) is 13.8 Å². The molecule has 0 saturated carbocycles. The lowest BCUT2D eigenvalue weighted by molar-refractivity contribution is -0.135. The first-order valence-corrected chi connectivity index (χ1v) is 2.65. The Bertz CT molecular complexity index is 130. The Morgan fingerprint density at radius 2 is 2.38 bits per heavy atom. The number of carbonyl (C=O) groups excluding carboxylic acids is 1. The molecule has 0 spiro atoms. The lowest BCUT2D eigenvalue weighted by atomic mass is 9.86. The molecule has 3 heteroatoms. The van der Waals surface area contributed by atoms with Crippen molar-refractivity contribution < 1.29 is 4.79 Å². The van der Waals surface area contributed by atoms with Gasteiger partial charge >= 0.3 is 0 Å². The maximum atomic E-state index is 10.5. The van der Waals surface area contributed by atoms with Crippen LogP contribution in [0.3, 0.4) is 0 Å². The second-order valence-electron chi connectivity index (χ2n) is 2.48. The molecule has 1 saturated heterocycles. The molecule has 0 radical (unpaired) electrons. The van der Waals surface area contributed by atoms with Crippen LogP contribution in [0.5, 0.6) is 0 Å². The molecule has 1 aliphatic rings. The van der Waals surface area contributed by atoms with Gasteiger partial charge in [0.15, 0.2) is 0 Å². The summed E-state index contributed by atoms with van der Waals surface area (Å²) in [6.45, 7) is 3.62. The molecule has 8 heavy (non-hydrogen) atoms. The maximum Gasteiger partial charge on any atom is 0.242 e. The first-order chi connectivity index (χ1) is 3.55. The molecule has 1 aliphatic heterocycles. The van der Waals surface area contributed by atoms with Crippen molar-refractivity contribution in [2.75, 3.05) is 0 Å². The summed E-state index contributed by atoms with van der Waals surface area (Å²) < 4.78 is 0. The third-order valence-electron chi connectivity index (χ3n) is 1.74. The predicted octanol–water partition coefficient (Wildman–Crippen LogP) is -0.778. The van der Waals surface area contributed by atoms with Crippen LogP contribution in [0.4, 0.5) is 0 Å². The summed E-state index contributed by atoms with van der Waals surface area (Å²) in [7, 11) is 0. The Hall–Kier alpha value is -0.570. The average Bonchev–Trinajstić information content (AvgIpc) is 1.68. The van der Waals surface area contributed by atoms with Crippen LogP contribution in [0.25, 0.3) is 0 Å². The topological polar surface area (TPSA) is 55.1 Å². The molecule has 1 rings (SSSR count). The molecule has 0 aliphatic carbocycles. The molecule has 1 heterocycles. The average molecular weight is 114 g/mol. The molecule has 1 unspecified atom stereocenters. The number of carbonyl (C=O) groups is 1. The fourth-order valence-corrected chi connectivity index (χ4v) is 0.621. The van der Waals surface area contributed by atoms with Crippen LogP contribution in [-0.2, 0) is 4.79 Å². The molecular formula is C5H10N2O. The highest BCUT2D eigenvalue weighted by Gasteiger charge is 2.44. The normalized spacial score (nSPS) is 45.4. The minimum atomic E-state index is -0.611. The van der Waals surface area contributed by atoms with Gasteiger partial charge < -0.3 is 11.1 Å². The summed E-state index contributed by atoms with van der Waals surface area (Å²) in [6.07, 6.45) is 0. The van der Waals surface area contributed by atoms with Gasteiger partial charge in [-0.25, -0.2) is 0 Å². The van der Waals surface area contributed by atoms with E-state index in [9.17, 15) is 4.79 Å². The Balaban J connectivity index is 2.66. The second-order valence-corrected chi connectivity index (χ2v) is 2.48. The van der Waals surface area contributed by atoms with Crippen molar-refractivity contribution in [1.82, 2.24) is 5.32 Å². The van der Waals surface area contributed by atoms with Gasteiger partial charge in [-0.2, -0.15) is 0 Å². The summed E-state index contributed by atoms with van der Waals surface area (Å²) in [6, 6.07) is 0.134. The van der Waals surface area contributed by atoms with Gasteiger partial charge in [-0.05, 0) is 13.8 Å². The van der Waals surface area contributed by atoms with Crippen LogP contribution in [0.15, 0.2) is 0 Å². The van der Waals surface area contributed by atoms with Crippen molar-refractivity contribution >= 4 is 5.91 Å². The number of rotatable bonds is 0. The molecule has 3 nitrogen and oxygen atoms in total. The molecule has 0 bridgehead atoms. The molecular weight excluding hydrogens is 104 g/mol. The number of nitrogens with one attached hydrogen (secondary N) is 1. The Kier molecular flexibility index (Phi) is 0.854. The second kappa shape index (κ2) is 1.23. The highest BCUT2D eigenvalue weighted by atomic mass is 16.2. The molecule has 0 aromatic rings. The van der Waals surface area contributed by atoms with E-state index in [1.54, 1.807) is 6.92 Å². The van der Waals surface area contributed by atoms with Crippen molar-refractivity contribution in [1.29, 1.82) is 0 Å². The van der Waals surface area contributed by atoms with E-state index in [0.717, 1.165) is 0 Å². The quantitative estimate of drug-likeness (QED) is 0.406. The van der Waals surface area contributed by atoms with Crippen LogP contribution in [0, 0.1) is 0 Å². The van der Waals surface area contributed by atoms with Crippen LogP contribution in [-0.4, -0.2) is 17.5 Å². The third kappa shape index (κ3) is 0.448. The highest BCUT2D eigenvalue weighted by Crippen LogP contribution is 2.15. The van der Waals surface area contributed by atoms with Gasteiger partial charge in [0.25, 0.3) is 0 Å². The zero-order valence-electron chi connectivity index (χ0n) is 5.06. The predicted molar refractivity (Wildman–Crippen MR) is 30.2 cm³/mol.